The van der Waals surface area contributed by atoms with E-state index in [2.05, 4.69) is 15.2 Å². The second kappa shape index (κ2) is 3.90. The van der Waals surface area contributed by atoms with E-state index in [9.17, 15) is 0 Å². The van der Waals surface area contributed by atoms with Crippen LogP contribution in [0.1, 0.15) is 5.56 Å². The maximum atomic E-state index is 5.88. The molecule has 0 atom stereocenters. The van der Waals surface area contributed by atoms with Gasteiger partial charge in [-0.3, -0.25) is 5.10 Å². The van der Waals surface area contributed by atoms with Crippen molar-refractivity contribution < 1.29 is 4.74 Å². The monoisotopic (exact) mass is 225 g/mol. The number of ether oxygens (including phenoxy) is 1. The van der Waals surface area contributed by atoms with Crippen molar-refractivity contribution in [1.82, 2.24) is 15.2 Å². The largest absolute Gasteiger partial charge is 0.456 e. The summed E-state index contributed by atoms with van der Waals surface area (Å²) >= 11 is 0. The number of aromatic nitrogens is 3. The SMILES string of the molecule is Cc1ccccc1Oc1ccnc2[nH]ncc12. The van der Waals surface area contributed by atoms with Crippen molar-refractivity contribution in [3.05, 3.63) is 48.3 Å². The van der Waals surface area contributed by atoms with E-state index in [4.69, 9.17) is 4.74 Å². The maximum absolute atomic E-state index is 5.88. The predicted octanol–water partition coefficient (Wildman–Crippen LogP) is 3.06. The van der Waals surface area contributed by atoms with Crippen molar-refractivity contribution in [3.63, 3.8) is 0 Å². The van der Waals surface area contributed by atoms with Gasteiger partial charge in [0.05, 0.1) is 11.6 Å². The minimum Gasteiger partial charge on any atom is -0.456 e. The standard InChI is InChI=1S/C13H11N3O/c1-9-4-2-3-5-11(9)17-12-6-7-14-13-10(12)8-15-16-13/h2-8H,1H3,(H,14,15,16). The summed E-state index contributed by atoms with van der Waals surface area (Å²) in [5.74, 6) is 1.61. The molecule has 2 heterocycles. The molecule has 0 spiro atoms. The van der Waals surface area contributed by atoms with Gasteiger partial charge in [-0.05, 0) is 24.6 Å². The first-order valence-corrected chi connectivity index (χ1v) is 5.36. The molecule has 1 aromatic carbocycles. The highest BCUT2D eigenvalue weighted by molar-refractivity contribution is 5.81. The number of nitrogens with zero attached hydrogens (tertiary/aromatic N) is 2. The third-order valence-corrected chi connectivity index (χ3v) is 2.63. The molecule has 1 N–H and O–H groups in total. The summed E-state index contributed by atoms with van der Waals surface area (Å²) in [5.41, 5.74) is 1.83. The smallest absolute Gasteiger partial charge is 0.158 e. The van der Waals surface area contributed by atoms with Gasteiger partial charge in [-0.15, -0.1) is 0 Å². The Morgan fingerprint density at radius 2 is 2.00 bits per heavy atom. The van der Waals surface area contributed by atoms with E-state index >= 15 is 0 Å². The van der Waals surface area contributed by atoms with Gasteiger partial charge in [0.2, 0.25) is 0 Å². The third kappa shape index (κ3) is 1.73. The number of nitrogens with one attached hydrogen (secondary N) is 1. The Morgan fingerprint density at radius 3 is 2.88 bits per heavy atom. The molecular weight excluding hydrogens is 214 g/mol. The minimum atomic E-state index is 0.732. The fraction of sp³-hybridized carbons (Fsp3) is 0.0769. The molecular formula is C13H11N3O. The number of para-hydroxylation sites is 1. The van der Waals surface area contributed by atoms with E-state index in [1.54, 1.807) is 12.4 Å². The van der Waals surface area contributed by atoms with E-state index in [-0.39, 0.29) is 0 Å². The van der Waals surface area contributed by atoms with Crippen LogP contribution in [0.25, 0.3) is 11.0 Å². The lowest BCUT2D eigenvalue weighted by Gasteiger charge is -2.08. The normalized spacial score (nSPS) is 10.6. The van der Waals surface area contributed by atoms with Crippen molar-refractivity contribution in [2.45, 2.75) is 6.92 Å². The molecule has 2 aromatic heterocycles. The summed E-state index contributed by atoms with van der Waals surface area (Å²) in [6.07, 6.45) is 3.42. The van der Waals surface area contributed by atoms with Crippen molar-refractivity contribution in [1.29, 1.82) is 0 Å². The number of hydrogen-bond acceptors (Lipinski definition) is 3. The summed E-state index contributed by atoms with van der Waals surface area (Å²) in [6, 6.07) is 9.74. The van der Waals surface area contributed by atoms with E-state index in [1.807, 2.05) is 37.3 Å². The van der Waals surface area contributed by atoms with E-state index in [0.717, 1.165) is 28.1 Å². The summed E-state index contributed by atoms with van der Waals surface area (Å²) in [7, 11) is 0. The number of H-pyrrole nitrogens is 1. The molecule has 0 fully saturated rings. The van der Waals surface area contributed by atoms with Gasteiger partial charge in [0.1, 0.15) is 11.5 Å². The molecule has 0 aliphatic heterocycles. The number of aryl methyl sites for hydroxylation is 1. The molecule has 3 rings (SSSR count). The Labute approximate surface area is 98.3 Å². The molecule has 0 aliphatic rings. The quantitative estimate of drug-likeness (QED) is 0.729. The second-order valence-electron chi connectivity index (χ2n) is 3.81. The Balaban J connectivity index is 2.06. The zero-order valence-corrected chi connectivity index (χ0v) is 9.34. The highest BCUT2D eigenvalue weighted by atomic mass is 16.5. The van der Waals surface area contributed by atoms with Crippen LogP contribution >= 0.6 is 0 Å². The molecule has 0 unspecified atom stereocenters. The predicted molar refractivity (Wildman–Crippen MR) is 65.1 cm³/mol. The van der Waals surface area contributed by atoms with Crippen LogP contribution in [0.15, 0.2) is 42.7 Å². The summed E-state index contributed by atoms with van der Waals surface area (Å²) < 4.78 is 5.88. The fourth-order valence-electron chi connectivity index (χ4n) is 1.71. The number of aromatic amines is 1. The first-order valence-electron chi connectivity index (χ1n) is 5.36. The fourth-order valence-corrected chi connectivity index (χ4v) is 1.71. The number of hydrogen-bond donors (Lipinski definition) is 1. The van der Waals surface area contributed by atoms with Crippen molar-refractivity contribution in [2.24, 2.45) is 0 Å². The van der Waals surface area contributed by atoms with Gasteiger partial charge >= 0.3 is 0 Å². The highest BCUT2D eigenvalue weighted by Gasteiger charge is 2.06. The third-order valence-electron chi connectivity index (χ3n) is 2.63. The molecule has 0 saturated carbocycles. The highest BCUT2D eigenvalue weighted by Crippen LogP contribution is 2.29. The van der Waals surface area contributed by atoms with Crippen LogP contribution in [0, 0.1) is 6.92 Å². The Morgan fingerprint density at radius 1 is 1.12 bits per heavy atom. The van der Waals surface area contributed by atoms with Crippen LogP contribution in [0.5, 0.6) is 11.5 Å². The molecule has 84 valence electrons. The second-order valence-corrected chi connectivity index (χ2v) is 3.81. The number of rotatable bonds is 2. The number of pyridine rings is 1. The molecule has 0 bridgehead atoms. The van der Waals surface area contributed by atoms with E-state index in [1.165, 1.54) is 0 Å². The lowest BCUT2D eigenvalue weighted by atomic mass is 10.2. The lowest BCUT2D eigenvalue weighted by Crippen LogP contribution is -1.88. The zero-order chi connectivity index (χ0) is 11.7. The molecule has 0 amide bonds. The van der Waals surface area contributed by atoms with Crippen LogP contribution in [-0.4, -0.2) is 15.2 Å². The lowest BCUT2D eigenvalue weighted by molar-refractivity contribution is 0.484. The van der Waals surface area contributed by atoms with Gasteiger partial charge in [0, 0.05) is 6.20 Å². The topological polar surface area (TPSA) is 50.8 Å². The summed E-state index contributed by atoms with van der Waals surface area (Å²) in [4.78, 5) is 4.17. The van der Waals surface area contributed by atoms with Crippen LogP contribution < -0.4 is 4.74 Å². The van der Waals surface area contributed by atoms with Gasteiger partial charge in [0.25, 0.3) is 0 Å². The van der Waals surface area contributed by atoms with E-state index < -0.39 is 0 Å². The average molecular weight is 225 g/mol. The Hall–Kier alpha value is -2.36. The molecule has 17 heavy (non-hydrogen) atoms. The molecule has 0 saturated heterocycles. The maximum Gasteiger partial charge on any atom is 0.158 e. The number of fused-ring (bicyclic) bond motifs is 1. The van der Waals surface area contributed by atoms with Crippen LogP contribution in [0.4, 0.5) is 0 Å². The average Bonchev–Trinajstić information content (AvgIpc) is 2.81. The molecule has 4 nitrogen and oxygen atoms in total. The van der Waals surface area contributed by atoms with Crippen LogP contribution in [-0.2, 0) is 0 Å². The first kappa shape index (κ1) is 9.84. The van der Waals surface area contributed by atoms with Crippen molar-refractivity contribution >= 4 is 11.0 Å². The minimum absolute atomic E-state index is 0.732. The van der Waals surface area contributed by atoms with Crippen molar-refractivity contribution in [2.75, 3.05) is 0 Å². The summed E-state index contributed by atoms with van der Waals surface area (Å²) in [5, 5.41) is 7.66. The molecule has 4 heteroatoms. The van der Waals surface area contributed by atoms with Crippen molar-refractivity contribution in [3.8, 4) is 11.5 Å². The van der Waals surface area contributed by atoms with Crippen LogP contribution in [0.2, 0.25) is 0 Å². The number of benzene rings is 1. The van der Waals surface area contributed by atoms with Gasteiger partial charge in [-0.25, -0.2) is 4.98 Å². The van der Waals surface area contributed by atoms with Gasteiger partial charge in [0.15, 0.2) is 5.65 Å². The van der Waals surface area contributed by atoms with Gasteiger partial charge < -0.3 is 4.74 Å². The Kier molecular flexibility index (Phi) is 2.26. The van der Waals surface area contributed by atoms with E-state index in [0.29, 0.717) is 0 Å². The van der Waals surface area contributed by atoms with Gasteiger partial charge in [-0.1, -0.05) is 18.2 Å². The zero-order valence-electron chi connectivity index (χ0n) is 9.34. The first-order chi connectivity index (χ1) is 8.34. The van der Waals surface area contributed by atoms with Crippen LogP contribution in [0.3, 0.4) is 0 Å². The van der Waals surface area contributed by atoms with Gasteiger partial charge in [-0.2, -0.15) is 5.10 Å². The molecule has 3 aromatic rings. The molecule has 0 aliphatic carbocycles. The molecule has 0 radical (unpaired) electrons. The summed E-state index contributed by atoms with van der Waals surface area (Å²) in [6.45, 7) is 2.02. The Bertz CT molecular complexity index is 660.